The standard InChI is InChI=1S/C18H16Br2N2O/c1-10-14(19)9-15(20)17-16(10)13(18(23)21-17)8-11-4-6-12(7-5-11)22(2)3/h4-9H,1-3H3,(H,21,23). The van der Waals surface area contributed by atoms with E-state index in [2.05, 4.69) is 37.2 Å². The zero-order chi connectivity index (χ0) is 16.7. The molecule has 0 atom stereocenters. The van der Waals surface area contributed by atoms with Crippen LogP contribution in [0.25, 0.3) is 11.6 Å². The molecule has 0 aromatic heterocycles. The normalized spacial score (nSPS) is 14.8. The second kappa shape index (κ2) is 6.13. The fourth-order valence-electron chi connectivity index (χ4n) is 2.64. The molecule has 0 radical (unpaired) electrons. The van der Waals surface area contributed by atoms with Crippen molar-refractivity contribution < 1.29 is 4.79 Å². The van der Waals surface area contributed by atoms with E-state index >= 15 is 0 Å². The maximum atomic E-state index is 12.4. The van der Waals surface area contributed by atoms with Crippen molar-refractivity contribution in [3.05, 3.63) is 56.0 Å². The molecule has 1 amide bonds. The van der Waals surface area contributed by atoms with Crippen molar-refractivity contribution in [2.75, 3.05) is 24.3 Å². The van der Waals surface area contributed by atoms with Crippen molar-refractivity contribution >= 4 is 60.8 Å². The van der Waals surface area contributed by atoms with Crippen molar-refractivity contribution in [1.29, 1.82) is 0 Å². The summed E-state index contributed by atoms with van der Waals surface area (Å²) in [5.74, 6) is -0.0708. The van der Waals surface area contributed by atoms with Gasteiger partial charge in [-0.2, -0.15) is 0 Å². The molecule has 3 nitrogen and oxygen atoms in total. The number of anilines is 2. The van der Waals surface area contributed by atoms with Crippen LogP contribution in [-0.4, -0.2) is 20.0 Å². The molecule has 1 heterocycles. The SMILES string of the molecule is Cc1c(Br)cc(Br)c2c1C(=Cc1ccc(N(C)C)cc1)C(=O)N2. The number of hydrogen-bond donors (Lipinski definition) is 1. The van der Waals surface area contributed by atoms with Crippen LogP contribution in [0.2, 0.25) is 0 Å². The minimum absolute atomic E-state index is 0.0708. The monoisotopic (exact) mass is 434 g/mol. The van der Waals surface area contributed by atoms with E-state index in [4.69, 9.17) is 0 Å². The lowest BCUT2D eigenvalue weighted by Gasteiger charge is -2.12. The van der Waals surface area contributed by atoms with E-state index in [-0.39, 0.29) is 5.91 Å². The second-order valence-corrected chi connectivity index (χ2v) is 7.42. The number of amides is 1. The first-order valence-corrected chi connectivity index (χ1v) is 8.76. The fraction of sp³-hybridized carbons (Fsp3) is 0.167. The van der Waals surface area contributed by atoms with Crippen LogP contribution in [0, 0.1) is 6.92 Å². The Hall–Kier alpha value is -1.59. The average molecular weight is 436 g/mol. The lowest BCUT2D eigenvalue weighted by atomic mass is 9.99. The van der Waals surface area contributed by atoms with Crippen molar-refractivity contribution in [3.63, 3.8) is 0 Å². The van der Waals surface area contributed by atoms with E-state index in [1.54, 1.807) is 0 Å². The Morgan fingerprint density at radius 1 is 1.09 bits per heavy atom. The lowest BCUT2D eigenvalue weighted by Crippen LogP contribution is -2.08. The summed E-state index contributed by atoms with van der Waals surface area (Å²) in [5.41, 5.74) is 5.67. The number of benzene rings is 2. The summed E-state index contributed by atoms with van der Waals surface area (Å²) in [6.45, 7) is 2.01. The summed E-state index contributed by atoms with van der Waals surface area (Å²) in [5, 5.41) is 2.95. The van der Waals surface area contributed by atoms with Crippen LogP contribution in [0.3, 0.4) is 0 Å². The third-order valence-electron chi connectivity index (χ3n) is 3.95. The zero-order valence-electron chi connectivity index (χ0n) is 13.1. The van der Waals surface area contributed by atoms with Crippen LogP contribution in [0.1, 0.15) is 16.7 Å². The molecule has 0 spiro atoms. The third kappa shape index (κ3) is 2.95. The van der Waals surface area contributed by atoms with E-state index in [0.29, 0.717) is 5.57 Å². The number of nitrogens with one attached hydrogen (secondary N) is 1. The molecule has 0 saturated heterocycles. The van der Waals surface area contributed by atoms with Gasteiger partial charge in [0.15, 0.2) is 0 Å². The number of rotatable bonds is 2. The van der Waals surface area contributed by atoms with Gasteiger partial charge in [0.25, 0.3) is 5.91 Å². The molecule has 2 aromatic carbocycles. The second-order valence-electron chi connectivity index (χ2n) is 5.71. The highest BCUT2D eigenvalue weighted by atomic mass is 79.9. The summed E-state index contributed by atoms with van der Waals surface area (Å²) in [7, 11) is 4.01. The molecule has 0 aliphatic carbocycles. The molecule has 23 heavy (non-hydrogen) atoms. The minimum atomic E-state index is -0.0708. The van der Waals surface area contributed by atoms with Gasteiger partial charge in [-0.3, -0.25) is 4.79 Å². The highest BCUT2D eigenvalue weighted by Gasteiger charge is 2.28. The first-order valence-electron chi connectivity index (χ1n) is 7.18. The Kier molecular flexibility index (Phi) is 4.34. The van der Waals surface area contributed by atoms with Crippen LogP contribution >= 0.6 is 31.9 Å². The predicted molar refractivity (Wildman–Crippen MR) is 104 cm³/mol. The molecule has 1 aliphatic heterocycles. The fourth-order valence-corrected chi connectivity index (χ4v) is 3.91. The third-order valence-corrected chi connectivity index (χ3v) is 5.40. The molecule has 1 aliphatic rings. The summed E-state index contributed by atoms with van der Waals surface area (Å²) >= 11 is 7.08. The van der Waals surface area contributed by atoms with Gasteiger partial charge in [0, 0.05) is 39.9 Å². The molecule has 118 valence electrons. The van der Waals surface area contributed by atoms with Gasteiger partial charge in [0.1, 0.15) is 0 Å². The van der Waals surface area contributed by atoms with Crippen molar-refractivity contribution in [3.8, 4) is 0 Å². The molecular weight excluding hydrogens is 420 g/mol. The summed E-state index contributed by atoms with van der Waals surface area (Å²) in [6, 6.07) is 10.1. The van der Waals surface area contributed by atoms with Crippen LogP contribution in [0.4, 0.5) is 11.4 Å². The van der Waals surface area contributed by atoms with E-state index < -0.39 is 0 Å². The minimum Gasteiger partial charge on any atom is -0.378 e. The largest absolute Gasteiger partial charge is 0.378 e. The van der Waals surface area contributed by atoms with E-state index in [0.717, 1.165) is 37.0 Å². The lowest BCUT2D eigenvalue weighted by molar-refractivity contribution is -0.110. The van der Waals surface area contributed by atoms with Gasteiger partial charge in [0.2, 0.25) is 0 Å². The van der Waals surface area contributed by atoms with Gasteiger partial charge in [-0.1, -0.05) is 28.1 Å². The first kappa shape index (κ1) is 16.3. The summed E-state index contributed by atoms with van der Waals surface area (Å²) < 4.78 is 1.86. The van der Waals surface area contributed by atoms with Crippen molar-refractivity contribution in [1.82, 2.24) is 0 Å². The van der Waals surface area contributed by atoms with Crippen molar-refractivity contribution in [2.45, 2.75) is 6.92 Å². The summed E-state index contributed by atoms with van der Waals surface area (Å²) in [4.78, 5) is 14.5. The molecule has 2 aromatic rings. The molecule has 0 unspecified atom stereocenters. The van der Waals surface area contributed by atoms with Gasteiger partial charge < -0.3 is 10.2 Å². The number of hydrogen-bond acceptors (Lipinski definition) is 2. The predicted octanol–water partition coefficient (Wildman–Crippen LogP) is 5.08. The molecule has 0 saturated carbocycles. The summed E-state index contributed by atoms with van der Waals surface area (Å²) in [6.07, 6.45) is 1.94. The van der Waals surface area contributed by atoms with Gasteiger partial charge in [-0.25, -0.2) is 0 Å². The number of carbonyl (C=O) groups excluding carboxylic acids is 1. The number of nitrogens with zero attached hydrogens (tertiary/aromatic N) is 1. The Morgan fingerprint density at radius 2 is 1.74 bits per heavy atom. The quantitative estimate of drug-likeness (QED) is 0.667. The zero-order valence-corrected chi connectivity index (χ0v) is 16.2. The molecular formula is C18H16Br2N2O. The highest BCUT2D eigenvalue weighted by Crippen LogP contribution is 2.43. The number of halogens is 2. The Bertz CT molecular complexity index is 824. The average Bonchev–Trinajstić information content (AvgIpc) is 2.83. The first-order chi connectivity index (χ1) is 10.9. The molecule has 0 fully saturated rings. The van der Waals surface area contributed by atoms with Crippen LogP contribution in [0.5, 0.6) is 0 Å². The van der Waals surface area contributed by atoms with Crippen LogP contribution in [0.15, 0.2) is 39.3 Å². The van der Waals surface area contributed by atoms with E-state index in [9.17, 15) is 4.79 Å². The van der Waals surface area contributed by atoms with Crippen LogP contribution in [-0.2, 0) is 4.79 Å². The van der Waals surface area contributed by atoms with E-state index in [1.807, 2.05) is 62.3 Å². The maximum Gasteiger partial charge on any atom is 0.256 e. The molecule has 5 heteroatoms. The van der Waals surface area contributed by atoms with Gasteiger partial charge in [-0.15, -0.1) is 0 Å². The van der Waals surface area contributed by atoms with Gasteiger partial charge in [0.05, 0.1) is 5.69 Å². The molecule has 1 N–H and O–H groups in total. The molecule has 0 bridgehead atoms. The number of fused-ring (bicyclic) bond motifs is 1. The Morgan fingerprint density at radius 3 is 2.35 bits per heavy atom. The number of carbonyl (C=O) groups is 1. The topological polar surface area (TPSA) is 32.3 Å². The van der Waals surface area contributed by atoms with Gasteiger partial charge >= 0.3 is 0 Å². The van der Waals surface area contributed by atoms with Crippen LogP contribution < -0.4 is 10.2 Å². The maximum absolute atomic E-state index is 12.4. The van der Waals surface area contributed by atoms with Gasteiger partial charge in [-0.05, 0) is 58.3 Å². The Balaban J connectivity index is 2.10. The van der Waals surface area contributed by atoms with E-state index in [1.165, 1.54) is 0 Å². The highest BCUT2D eigenvalue weighted by molar-refractivity contribution is 9.11. The molecule has 3 rings (SSSR count). The smallest absolute Gasteiger partial charge is 0.256 e. The van der Waals surface area contributed by atoms with Crippen molar-refractivity contribution in [2.24, 2.45) is 0 Å². The Labute approximate surface area is 152 Å².